The molecule has 0 aromatic rings. The molecule has 0 fully saturated rings. The fourth-order valence-electron chi connectivity index (χ4n) is 0.989. The third kappa shape index (κ3) is 7.11. The van der Waals surface area contributed by atoms with Gasteiger partial charge in [0.1, 0.15) is 0 Å². The van der Waals surface area contributed by atoms with Crippen LogP contribution >= 0.6 is 15.9 Å². The van der Waals surface area contributed by atoms with E-state index in [1.807, 2.05) is 0 Å². The highest BCUT2D eigenvalue weighted by atomic mass is 79.9. The van der Waals surface area contributed by atoms with Crippen LogP contribution in [0.3, 0.4) is 0 Å². The lowest BCUT2D eigenvalue weighted by atomic mass is 10.1. The summed E-state index contributed by atoms with van der Waals surface area (Å²) >= 11 is 3.50. The molecular formula is C10H21BrO. The minimum absolute atomic E-state index is 0.798. The Morgan fingerprint density at radius 1 is 1.25 bits per heavy atom. The summed E-state index contributed by atoms with van der Waals surface area (Å²) in [6.45, 7) is 6.30. The molecular weight excluding hydrogens is 216 g/mol. The van der Waals surface area contributed by atoms with Crippen molar-refractivity contribution in [2.24, 2.45) is 5.92 Å². The summed E-state index contributed by atoms with van der Waals surface area (Å²) in [4.78, 5) is 0. The Labute approximate surface area is 85.0 Å². The van der Waals surface area contributed by atoms with Gasteiger partial charge >= 0.3 is 0 Å². The Balaban J connectivity index is 3.06. The van der Waals surface area contributed by atoms with E-state index < -0.39 is 0 Å². The Kier molecular flexibility index (Phi) is 9.88. The maximum absolute atomic E-state index is 5.49. The van der Waals surface area contributed by atoms with E-state index in [9.17, 15) is 0 Å². The van der Waals surface area contributed by atoms with Gasteiger partial charge in [0.25, 0.3) is 0 Å². The molecule has 0 spiro atoms. The second-order valence-electron chi connectivity index (χ2n) is 3.18. The van der Waals surface area contributed by atoms with Gasteiger partial charge in [-0.1, -0.05) is 42.6 Å². The molecule has 0 aliphatic rings. The Bertz CT molecular complexity index is 81.9. The minimum atomic E-state index is 0.798. The lowest BCUT2D eigenvalue weighted by molar-refractivity contribution is 0.119. The molecule has 0 saturated carbocycles. The van der Waals surface area contributed by atoms with E-state index >= 15 is 0 Å². The van der Waals surface area contributed by atoms with Crippen molar-refractivity contribution in [1.29, 1.82) is 0 Å². The zero-order valence-corrected chi connectivity index (χ0v) is 9.90. The van der Waals surface area contributed by atoms with E-state index in [0.717, 1.165) is 24.5 Å². The van der Waals surface area contributed by atoms with Crippen molar-refractivity contribution in [2.75, 3.05) is 18.5 Å². The van der Waals surface area contributed by atoms with Crippen LogP contribution in [0, 0.1) is 5.92 Å². The van der Waals surface area contributed by atoms with E-state index in [4.69, 9.17) is 4.74 Å². The molecule has 0 radical (unpaired) electrons. The highest BCUT2D eigenvalue weighted by molar-refractivity contribution is 9.09. The summed E-state index contributed by atoms with van der Waals surface area (Å²) in [7, 11) is 0. The van der Waals surface area contributed by atoms with Crippen LogP contribution < -0.4 is 0 Å². The standard InChI is InChI=1S/C10H21BrO/c1-3-5-7-12-8-6-10(4-2)9-11/h10H,3-9H2,1-2H3. The monoisotopic (exact) mass is 236 g/mol. The summed E-state index contributed by atoms with van der Waals surface area (Å²) in [5.41, 5.74) is 0. The summed E-state index contributed by atoms with van der Waals surface area (Å²) in [5, 5.41) is 1.11. The first-order valence-corrected chi connectivity index (χ1v) is 6.11. The zero-order chi connectivity index (χ0) is 9.23. The second kappa shape index (κ2) is 9.53. The fraction of sp³-hybridized carbons (Fsp3) is 1.00. The number of hydrogen-bond donors (Lipinski definition) is 0. The van der Waals surface area contributed by atoms with Gasteiger partial charge < -0.3 is 4.74 Å². The van der Waals surface area contributed by atoms with Crippen molar-refractivity contribution in [3.63, 3.8) is 0 Å². The molecule has 1 nitrogen and oxygen atoms in total. The fourth-order valence-corrected chi connectivity index (χ4v) is 1.77. The summed E-state index contributed by atoms with van der Waals surface area (Å²) < 4.78 is 5.49. The van der Waals surface area contributed by atoms with Gasteiger partial charge in [0.15, 0.2) is 0 Å². The van der Waals surface area contributed by atoms with Crippen LogP contribution in [0.25, 0.3) is 0 Å². The van der Waals surface area contributed by atoms with E-state index in [-0.39, 0.29) is 0 Å². The second-order valence-corrected chi connectivity index (χ2v) is 3.83. The van der Waals surface area contributed by atoms with Gasteiger partial charge in [-0.15, -0.1) is 0 Å². The van der Waals surface area contributed by atoms with Crippen LogP contribution in [0.5, 0.6) is 0 Å². The molecule has 0 saturated heterocycles. The molecule has 0 N–H and O–H groups in total. The molecule has 0 aliphatic carbocycles. The third-order valence-corrected chi connectivity index (χ3v) is 3.02. The van der Waals surface area contributed by atoms with Crippen molar-refractivity contribution in [3.05, 3.63) is 0 Å². The van der Waals surface area contributed by atoms with Gasteiger partial charge in [-0.3, -0.25) is 0 Å². The molecule has 0 aliphatic heterocycles. The quantitative estimate of drug-likeness (QED) is 0.463. The Morgan fingerprint density at radius 2 is 2.00 bits per heavy atom. The van der Waals surface area contributed by atoms with Crippen LogP contribution in [0.4, 0.5) is 0 Å². The number of hydrogen-bond acceptors (Lipinski definition) is 1. The molecule has 74 valence electrons. The lowest BCUT2D eigenvalue weighted by Crippen LogP contribution is -2.06. The predicted octanol–water partition coefficient (Wildman–Crippen LogP) is 3.61. The van der Waals surface area contributed by atoms with Gasteiger partial charge in [0.05, 0.1) is 0 Å². The Hall–Kier alpha value is 0.440. The topological polar surface area (TPSA) is 9.23 Å². The molecule has 0 amide bonds. The highest BCUT2D eigenvalue weighted by Crippen LogP contribution is 2.11. The number of alkyl halides is 1. The molecule has 0 aromatic carbocycles. The van der Waals surface area contributed by atoms with Crippen molar-refractivity contribution < 1.29 is 4.74 Å². The lowest BCUT2D eigenvalue weighted by Gasteiger charge is -2.10. The smallest absolute Gasteiger partial charge is 0.0468 e. The van der Waals surface area contributed by atoms with Crippen LogP contribution in [-0.4, -0.2) is 18.5 Å². The maximum Gasteiger partial charge on any atom is 0.0468 e. The van der Waals surface area contributed by atoms with Crippen LogP contribution in [0.15, 0.2) is 0 Å². The molecule has 12 heavy (non-hydrogen) atoms. The minimum Gasteiger partial charge on any atom is -0.381 e. The molecule has 0 rings (SSSR count). The number of unbranched alkanes of at least 4 members (excludes halogenated alkanes) is 1. The van der Waals surface area contributed by atoms with Gasteiger partial charge in [0, 0.05) is 18.5 Å². The summed E-state index contributed by atoms with van der Waals surface area (Å²) in [5.74, 6) is 0.798. The summed E-state index contributed by atoms with van der Waals surface area (Å²) in [6, 6.07) is 0. The van der Waals surface area contributed by atoms with Gasteiger partial charge in [-0.05, 0) is 18.8 Å². The third-order valence-electron chi connectivity index (χ3n) is 2.11. The van der Waals surface area contributed by atoms with E-state index in [1.165, 1.54) is 25.7 Å². The first-order valence-electron chi connectivity index (χ1n) is 4.98. The highest BCUT2D eigenvalue weighted by Gasteiger charge is 2.02. The number of rotatable bonds is 8. The van der Waals surface area contributed by atoms with Crippen molar-refractivity contribution in [2.45, 2.75) is 39.5 Å². The molecule has 2 heteroatoms. The van der Waals surface area contributed by atoms with Gasteiger partial charge in [-0.25, -0.2) is 0 Å². The Morgan fingerprint density at radius 3 is 2.50 bits per heavy atom. The van der Waals surface area contributed by atoms with E-state index in [2.05, 4.69) is 29.8 Å². The maximum atomic E-state index is 5.49. The molecule has 1 atom stereocenters. The van der Waals surface area contributed by atoms with Crippen molar-refractivity contribution >= 4 is 15.9 Å². The van der Waals surface area contributed by atoms with Gasteiger partial charge in [-0.2, -0.15) is 0 Å². The number of ether oxygens (including phenoxy) is 1. The average Bonchev–Trinajstić information content (AvgIpc) is 2.11. The molecule has 0 bridgehead atoms. The normalized spacial score (nSPS) is 13.2. The van der Waals surface area contributed by atoms with Crippen LogP contribution in [0.2, 0.25) is 0 Å². The van der Waals surface area contributed by atoms with Crippen molar-refractivity contribution in [1.82, 2.24) is 0 Å². The molecule has 1 unspecified atom stereocenters. The van der Waals surface area contributed by atoms with Gasteiger partial charge in [0.2, 0.25) is 0 Å². The molecule has 0 aromatic heterocycles. The number of halogens is 1. The first kappa shape index (κ1) is 12.4. The van der Waals surface area contributed by atoms with Crippen LogP contribution in [-0.2, 0) is 4.74 Å². The van der Waals surface area contributed by atoms with Crippen molar-refractivity contribution in [3.8, 4) is 0 Å². The summed E-state index contributed by atoms with van der Waals surface area (Å²) in [6.07, 6.45) is 4.88. The zero-order valence-electron chi connectivity index (χ0n) is 8.31. The molecule has 0 heterocycles. The van der Waals surface area contributed by atoms with E-state index in [1.54, 1.807) is 0 Å². The first-order chi connectivity index (χ1) is 5.85. The van der Waals surface area contributed by atoms with Crippen LogP contribution in [0.1, 0.15) is 39.5 Å². The van der Waals surface area contributed by atoms with E-state index in [0.29, 0.717) is 0 Å². The predicted molar refractivity (Wildman–Crippen MR) is 57.9 cm³/mol. The SMILES string of the molecule is CCCCOCCC(CC)CBr. The average molecular weight is 237 g/mol. The largest absolute Gasteiger partial charge is 0.381 e.